The monoisotopic (exact) mass is 433 g/mol. The SMILES string of the molecule is CCCOc1ccc(/C=N\NC(=O)c2cccn(Cc3ccc(C)cc3)c2=O)cc1OC. The molecule has 7 nitrogen and oxygen atoms in total. The highest BCUT2D eigenvalue weighted by Gasteiger charge is 2.12. The van der Waals surface area contributed by atoms with E-state index in [2.05, 4.69) is 10.5 Å². The summed E-state index contributed by atoms with van der Waals surface area (Å²) < 4.78 is 12.5. The van der Waals surface area contributed by atoms with Crippen LogP contribution in [-0.2, 0) is 6.54 Å². The van der Waals surface area contributed by atoms with Gasteiger partial charge in [0.1, 0.15) is 5.56 Å². The van der Waals surface area contributed by atoms with Crippen LogP contribution < -0.4 is 20.5 Å². The molecule has 1 heterocycles. The predicted octanol–water partition coefficient (Wildman–Crippen LogP) is 3.77. The van der Waals surface area contributed by atoms with E-state index in [9.17, 15) is 9.59 Å². The molecule has 0 radical (unpaired) electrons. The van der Waals surface area contributed by atoms with E-state index in [1.54, 1.807) is 37.6 Å². The smallest absolute Gasteiger partial charge is 0.276 e. The zero-order chi connectivity index (χ0) is 22.9. The van der Waals surface area contributed by atoms with Gasteiger partial charge < -0.3 is 14.0 Å². The fraction of sp³-hybridized carbons (Fsp3) is 0.240. The Kier molecular flexibility index (Phi) is 7.80. The molecule has 0 bridgehead atoms. The summed E-state index contributed by atoms with van der Waals surface area (Å²) in [7, 11) is 1.56. The van der Waals surface area contributed by atoms with Gasteiger partial charge in [-0.1, -0.05) is 36.8 Å². The molecule has 0 aliphatic heterocycles. The van der Waals surface area contributed by atoms with Crippen molar-refractivity contribution in [3.8, 4) is 11.5 Å². The molecule has 0 saturated heterocycles. The highest BCUT2D eigenvalue weighted by molar-refractivity contribution is 5.94. The molecule has 1 amide bonds. The Bertz CT molecular complexity index is 1150. The van der Waals surface area contributed by atoms with E-state index in [1.165, 1.54) is 16.8 Å². The number of hydrogen-bond acceptors (Lipinski definition) is 5. The molecule has 0 fully saturated rings. The first-order chi connectivity index (χ1) is 15.5. The minimum atomic E-state index is -0.570. The molecule has 0 spiro atoms. The first-order valence-electron chi connectivity index (χ1n) is 10.4. The van der Waals surface area contributed by atoms with Crippen LogP contribution in [0.5, 0.6) is 11.5 Å². The van der Waals surface area contributed by atoms with Crippen LogP contribution in [0, 0.1) is 6.92 Å². The second-order valence-electron chi connectivity index (χ2n) is 7.30. The van der Waals surface area contributed by atoms with Crippen molar-refractivity contribution < 1.29 is 14.3 Å². The lowest BCUT2D eigenvalue weighted by molar-refractivity contribution is 0.0953. The summed E-state index contributed by atoms with van der Waals surface area (Å²) in [5.74, 6) is 0.657. The van der Waals surface area contributed by atoms with Gasteiger partial charge in [0.2, 0.25) is 0 Å². The third-order valence-electron chi connectivity index (χ3n) is 4.77. The molecule has 7 heteroatoms. The minimum absolute atomic E-state index is 0.0256. The number of carbonyl (C=O) groups is 1. The van der Waals surface area contributed by atoms with Gasteiger partial charge in [-0.05, 0) is 54.8 Å². The number of carbonyl (C=O) groups excluding carboxylic acids is 1. The quantitative estimate of drug-likeness (QED) is 0.411. The van der Waals surface area contributed by atoms with Crippen LogP contribution in [0.1, 0.15) is 40.4 Å². The molecule has 0 aliphatic carbocycles. The highest BCUT2D eigenvalue weighted by atomic mass is 16.5. The second-order valence-corrected chi connectivity index (χ2v) is 7.30. The van der Waals surface area contributed by atoms with Gasteiger partial charge in [0.25, 0.3) is 11.5 Å². The van der Waals surface area contributed by atoms with Crippen molar-refractivity contribution >= 4 is 12.1 Å². The molecule has 1 aromatic heterocycles. The Balaban J connectivity index is 1.69. The highest BCUT2D eigenvalue weighted by Crippen LogP contribution is 2.27. The van der Waals surface area contributed by atoms with Crippen LogP contribution in [0.2, 0.25) is 0 Å². The lowest BCUT2D eigenvalue weighted by atomic mass is 10.1. The van der Waals surface area contributed by atoms with E-state index in [1.807, 2.05) is 38.1 Å². The maximum atomic E-state index is 12.7. The van der Waals surface area contributed by atoms with Crippen LogP contribution in [0.4, 0.5) is 0 Å². The summed E-state index contributed by atoms with van der Waals surface area (Å²) in [6.45, 7) is 5.01. The number of nitrogens with one attached hydrogen (secondary N) is 1. The van der Waals surface area contributed by atoms with Gasteiger partial charge in [0, 0.05) is 6.20 Å². The van der Waals surface area contributed by atoms with Gasteiger partial charge in [0.05, 0.1) is 26.5 Å². The number of methoxy groups -OCH3 is 1. The standard InChI is InChI=1S/C25H27N3O4/c1-4-14-32-22-12-11-20(15-23(22)31-3)16-26-27-24(29)21-6-5-13-28(25(21)30)17-19-9-7-18(2)8-10-19/h5-13,15-16H,4,14,17H2,1-3H3,(H,27,29)/b26-16-. The Hall–Kier alpha value is -3.87. The van der Waals surface area contributed by atoms with Crippen LogP contribution >= 0.6 is 0 Å². The maximum absolute atomic E-state index is 12.7. The Morgan fingerprint density at radius 1 is 1.12 bits per heavy atom. The number of rotatable bonds is 9. The molecule has 3 aromatic rings. The third kappa shape index (κ3) is 5.85. The van der Waals surface area contributed by atoms with E-state index < -0.39 is 5.91 Å². The normalized spacial score (nSPS) is 10.8. The Morgan fingerprint density at radius 3 is 2.62 bits per heavy atom. The summed E-state index contributed by atoms with van der Waals surface area (Å²) in [4.78, 5) is 25.3. The van der Waals surface area contributed by atoms with Crippen molar-refractivity contribution in [2.75, 3.05) is 13.7 Å². The van der Waals surface area contributed by atoms with Gasteiger partial charge in [-0.25, -0.2) is 5.43 Å². The average molecular weight is 434 g/mol. The van der Waals surface area contributed by atoms with Gasteiger partial charge >= 0.3 is 0 Å². The summed E-state index contributed by atoms with van der Waals surface area (Å²) in [5.41, 5.74) is 4.91. The first-order valence-corrected chi connectivity index (χ1v) is 10.4. The molecule has 3 rings (SSSR count). The number of pyridine rings is 1. The molecule has 0 saturated carbocycles. The number of nitrogens with zero attached hydrogens (tertiary/aromatic N) is 2. The zero-order valence-corrected chi connectivity index (χ0v) is 18.5. The molecule has 0 aliphatic rings. The van der Waals surface area contributed by atoms with Gasteiger partial charge in [-0.3, -0.25) is 9.59 Å². The van der Waals surface area contributed by atoms with E-state index in [0.29, 0.717) is 24.7 Å². The van der Waals surface area contributed by atoms with Crippen LogP contribution in [0.15, 0.2) is 70.7 Å². The number of ether oxygens (including phenoxy) is 2. The van der Waals surface area contributed by atoms with Crippen LogP contribution in [0.25, 0.3) is 0 Å². The van der Waals surface area contributed by atoms with Crippen LogP contribution in [0.3, 0.4) is 0 Å². The summed E-state index contributed by atoms with van der Waals surface area (Å²) in [5, 5.41) is 3.98. The topological polar surface area (TPSA) is 81.9 Å². The molecule has 0 atom stereocenters. The number of aromatic nitrogens is 1. The van der Waals surface area contributed by atoms with Crippen molar-refractivity contribution in [1.82, 2.24) is 9.99 Å². The third-order valence-corrected chi connectivity index (χ3v) is 4.77. The fourth-order valence-corrected chi connectivity index (χ4v) is 3.05. The minimum Gasteiger partial charge on any atom is -0.493 e. The van der Waals surface area contributed by atoms with Crippen molar-refractivity contribution in [2.45, 2.75) is 26.8 Å². The van der Waals surface area contributed by atoms with E-state index in [4.69, 9.17) is 9.47 Å². The number of benzene rings is 2. The number of aryl methyl sites for hydroxylation is 1. The molecular formula is C25H27N3O4. The number of hydrogen-bond donors (Lipinski definition) is 1. The first kappa shape index (κ1) is 22.8. The summed E-state index contributed by atoms with van der Waals surface area (Å²) >= 11 is 0. The van der Waals surface area contributed by atoms with Crippen molar-refractivity contribution in [3.05, 3.63) is 93.4 Å². The van der Waals surface area contributed by atoms with E-state index in [-0.39, 0.29) is 11.1 Å². The van der Waals surface area contributed by atoms with Gasteiger partial charge in [-0.15, -0.1) is 0 Å². The predicted molar refractivity (Wildman–Crippen MR) is 125 cm³/mol. The maximum Gasteiger partial charge on any atom is 0.276 e. The lowest BCUT2D eigenvalue weighted by Gasteiger charge is -2.10. The molecule has 32 heavy (non-hydrogen) atoms. The summed E-state index contributed by atoms with van der Waals surface area (Å²) in [6, 6.07) is 16.4. The van der Waals surface area contributed by atoms with Crippen molar-refractivity contribution in [3.63, 3.8) is 0 Å². The van der Waals surface area contributed by atoms with Gasteiger partial charge in [-0.2, -0.15) is 5.10 Å². The van der Waals surface area contributed by atoms with E-state index in [0.717, 1.165) is 23.1 Å². The number of amides is 1. The van der Waals surface area contributed by atoms with Gasteiger partial charge in [0.15, 0.2) is 11.5 Å². The Morgan fingerprint density at radius 2 is 1.91 bits per heavy atom. The van der Waals surface area contributed by atoms with E-state index >= 15 is 0 Å². The largest absolute Gasteiger partial charge is 0.493 e. The number of hydrazone groups is 1. The van der Waals surface area contributed by atoms with Crippen LogP contribution in [-0.4, -0.2) is 30.4 Å². The average Bonchev–Trinajstić information content (AvgIpc) is 2.80. The molecule has 166 valence electrons. The fourth-order valence-electron chi connectivity index (χ4n) is 3.05. The Labute approximate surface area is 187 Å². The molecule has 1 N–H and O–H groups in total. The molecule has 0 unspecified atom stereocenters. The summed E-state index contributed by atoms with van der Waals surface area (Å²) in [6.07, 6.45) is 4.04. The zero-order valence-electron chi connectivity index (χ0n) is 18.5. The second kappa shape index (κ2) is 10.9. The van der Waals surface area contributed by atoms with Crippen molar-refractivity contribution in [2.24, 2.45) is 5.10 Å². The lowest BCUT2D eigenvalue weighted by Crippen LogP contribution is -2.30. The molecular weight excluding hydrogens is 406 g/mol. The molecule has 2 aromatic carbocycles. The van der Waals surface area contributed by atoms with Crippen molar-refractivity contribution in [1.29, 1.82) is 0 Å².